The van der Waals surface area contributed by atoms with E-state index in [1.807, 2.05) is 6.08 Å². The molecule has 0 unspecified atom stereocenters. The number of allylic oxidation sites excluding steroid dienone is 1. The third-order valence-corrected chi connectivity index (χ3v) is 4.93. The van der Waals surface area contributed by atoms with E-state index in [0.29, 0.717) is 6.04 Å². The summed E-state index contributed by atoms with van der Waals surface area (Å²) in [7, 11) is 0. The Labute approximate surface area is 172 Å². The normalized spacial score (nSPS) is 19.7. The standard InChI is InChI=1S/C22H31NO2.C3H8/c1-4-19(5-2)15-23(16-20-9-7-6-8-10-20)21-11-13-22(14-12-21)25-17-18(3)24;1-3-2/h4-10,21-22H,1,11-17H2,2-3H3;3H2,1-2H3/b19-5+;. The smallest absolute Gasteiger partial charge is 0.155 e. The van der Waals surface area contributed by atoms with Gasteiger partial charge in [-0.2, -0.15) is 0 Å². The lowest BCUT2D eigenvalue weighted by atomic mass is 9.91. The lowest BCUT2D eigenvalue weighted by Crippen LogP contribution is -2.40. The number of carbonyl (C=O) groups is 1. The first kappa shape index (κ1) is 24.3. The highest BCUT2D eigenvalue weighted by Crippen LogP contribution is 2.27. The van der Waals surface area contributed by atoms with Gasteiger partial charge in [0, 0.05) is 19.1 Å². The van der Waals surface area contributed by atoms with Gasteiger partial charge in [0.25, 0.3) is 0 Å². The number of nitrogens with zero attached hydrogens (tertiary/aromatic N) is 1. The van der Waals surface area contributed by atoms with Crippen molar-refractivity contribution in [3.8, 4) is 0 Å². The monoisotopic (exact) mass is 385 g/mol. The van der Waals surface area contributed by atoms with Gasteiger partial charge in [0.2, 0.25) is 0 Å². The Balaban J connectivity index is 0.00000122. The van der Waals surface area contributed by atoms with E-state index in [1.165, 1.54) is 17.6 Å². The molecule has 2 rings (SSSR count). The average molecular weight is 386 g/mol. The Kier molecular flexibility index (Phi) is 12.4. The molecule has 1 aliphatic rings. The van der Waals surface area contributed by atoms with Crippen LogP contribution in [0.3, 0.4) is 0 Å². The van der Waals surface area contributed by atoms with Crippen molar-refractivity contribution in [3.63, 3.8) is 0 Å². The fraction of sp³-hybridized carbons (Fsp3) is 0.560. The minimum absolute atomic E-state index is 0.108. The van der Waals surface area contributed by atoms with Crippen LogP contribution in [0.5, 0.6) is 0 Å². The molecule has 0 N–H and O–H groups in total. The van der Waals surface area contributed by atoms with Crippen LogP contribution in [0.25, 0.3) is 0 Å². The third kappa shape index (κ3) is 9.48. The molecule has 1 aromatic carbocycles. The Morgan fingerprint density at radius 3 is 2.29 bits per heavy atom. The van der Waals surface area contributed by atoms with E-state index in [4.69, 9.17) is 4.74 Å². The molecule has 1 saturated carbocycles. The zero-order valence-electron chi connectivity index (χ0n) is 18.3. The van der Waals surface area contributed by atoms with Crippen LogP contribution in [-0.2, 0) is 16.1 Å². The first-order valence-corrected chi connectivity index (χ1v) is 10.7. The van der Waals surface area contributed by atoms with Crippen molar-refractivity contribution in [1.82, 2.24) is 4.90 Å². The van der Waals surface area contributed by atoms with Crippen molar-refractivity contribution in [2.45, 2.75) is 78.5 Å². The van der Waals surface area contributed by atoms with Gasteiger partial charge in [-0.3, -0.25) is 9.69 Å². The number of Topliss-reactive ketones (excluding diaryl/α,β-unsaturated/α-hetero) is 1. The molecule has 156 valence electrons. The maximum absolute atomic E-state index is 11.1. The molecule has 28 heavy (non-hydrogen) atoms. The molecule has 0 bridgehead atoms. The van der Waals surface area contributed by atoms with Gasteiger partial charge in [-0.25, -0.2) is 0 Å². The van der Waals surface area contributed by atoms with Crippen LogP contribution in [0, 0.1) is 0 Å². The van der Waals surface area contributed by atoms with Crippen molar-refractivity contribution >= 4 is 5.78 Å². The molecular formula is C25H39NO2. The molecule has 0 atom stereocenters. The summed E-state index contributed by atoms with van der Waals surface area (Å²) in [5, 5.41) is 0. The zero-order chi connectivity index (χ0) is 20.8. The van der Waals surface area contributed by atoms with Crippen molar-refractivity contribution in [2.75, 3.05) is 13.2 Å². The van der Waals surface area contributed by atoms with E-state index < -0.39 is 0 Å². The maximum Gasteiger partial charge on any atom is 0.155 e. The van der Waals surface area contributed by atoms with E-state index in [-0.39, 0.29) is 18.5 Å². The van der Waals surface area contributed by atoms with Gasteiger partial charge >= 0.3 is 0 Å². The lowest BCUT2D eigenvalue weighted by molar-refractivity contribution is -0.124. The summed E-state index contributed by atoms with van der Waals surface area (Å²) in [5.74, 6) is 0.108. The number of hydrogen-bond donors (Lipinski definition) is 0. The Bertz CT molecular complexity index is 586. The minimum atomic E-state index is 0.108. The van der Waals surface area contributed by atoms with Crippen molar-refractivity contribution in [2.24, 2.45) is 0 Å². The molecular weight excluding hydrogens is 346 g/mol. The number of ketones is 1. The highest BCUT2D eigenvalue weighted by Gasteiger charge is 2.26. The van der Waals surface area contributed by atoms with Gasteiger partial charge in [0.05, 0.1) is 6.10 Å². The highest BCUT2D eigenvalue weighted by atomic mass is 16.5. The Hall–Kier alpha value is -1.71. The van der Waals surface area contributed by atoms with Gasteiger partial charge < -0.3 is 4.74 Å². The second-order valence-corrected chi connectivity index (χ2v) is 7.61. The van der Waals surface area contributed by atoms with Crippen LogP contribution >= 0.6 is 0 Å². The molecule has 1 aliphatic carbocycles. The largest absolute Gasteiger partial charge is 0.370 e. The first-order chi connectivity index (χ1) is 13.5. The van der Waals surface area contributed by atoms with Crippen LogP contribution in [0.4, 0.5) is 0 Å². The van der Waals surface area contributed by atoms with Crippen molar-refractivity contribution < 1.29 is 9.53 Å². The topological polar surface area (TPSA) is 29.5 Å². The van der Waals surface area contributed by atoms with Crippen LogP contribution < -0.4 is 0 Å². The molecule has 1 fully saturated rings. The summed E-state index contributed by atoms with van der Waals surface area (Å²) in [6.07, 6.45) is 9.88. The molecule has 3 nitrogen and oxygen atoms in total. The molecule has 0 heterocycles. The van der Waals surface area contributed by atoms with Gasteiger partial charge in [0.1, 0.15) is 6.61 Å². The van der Waals surface area contributed by atoms with Crippen molar-refractivity contribution in [3.05, 3.63) is 60.2 Å². The zero-order valence-corrected chi connectivity index (χ0v) is 18.3. The van der Waals surface area contributed by atoms with E-state index in [9.17, 15) is 4.79 Å². The van der Waals surface area contributed by atoms with Crippen LogP contribution in [0.1, 0.15) is 65.4 Å². The fourth-order valence-corrected chi connectivity index (χ4v) is 3.45. The molecule has 3 heteroatoms. The van der Waals surface area contributed by atoms with Crippen LogP contribution in [0.2, 0.25) is 0 Å². The number of carbonyl (C=O) groups excluding carboxylic acids is 1. The lowest BCUT2D eigenvalue weighted by Gasteiger charge is -2.37. The molecule has 0 aromatic heterocycles. The number of rotatable bonds is 9. The van der Waals surface area contributed by atoms with Crippen LogP contribution in [-0.4, -0.2) is 36.0 Å². The van der Waals surface area contributed by atoms with Crippen molar-refractivity contribution in [1.29, 1.82) is 0 Å². The molecule has 0 aliphatic heterocycles. The van der Waals surface area contributed by atoms with Gasteiger partial charge in [-0.1, -0.05) is 69.3 Å². The van der Waals surface area contributed by atoms with E-state index >= 15 is 0 Å². The molecule has 0 radical (unpaired) electrons. The van der Waals surface area contributed by atoms with E-state index in [2.05, 4.69) is 68.7 Å². The van der Waals surface area contributed by atoms with Gasteiger partial charge in [0.15, 0.2) is 5.78 Å². The first-order valence-electron chi connectivity index (χ1n) is 10.7. The van der Waals surface area contributed by atoms with Crippen LogP contribution in [0.15, 0.2) is 54.6 Å². The molecule has 0 amide bonds. The second kappa shape index (κ2) is 14.3. The SMILES string of the molecule is C=C/C(=C\C)CN(Cc1ccccc1)C1CCC(OCC(C)=O)CC1.CCC. The predicted molar refractivity (Wildman–Crippen MR) is 119 cm³/mol. The Morgan fingerprint density at radius 2 is 1.79 bits per heavy atom. The predicted octanol–water partition coefficient (Wildman–Crippen LogP) is 5.95. The summed E-state index contributed by atoms with van der Waals surface area (Å²) in [5.41, 5.74) is 2.61. The second-order valence-electron chi connectivity index (χ2n) is 7.61. The molecule has 0 saturated heterocycles. The average Bonchev–Trinajstić information content (AvgIpc) is 2.71. The summed E-state index contributed by atoms with van der Waals surface area (Å²) < 4.78 is 5.72. The third-order valence-electron chi connectivity index (χ3n) is 4.93. The number of benzene rings is 1. The van der Waals surface area contributed by atoms with Gasteiger partial charge in [-0.05, 0) is 50.7 Å². The maximum atomic E-state index is 11.1. The summed E-state index contributed by atoms with van der Waals surface area (Å²) in [6.45, 7) is 14.0. The molecule has 0 spiro atoms. The fourth-order valence-electron chi connectivity index (χ4n) is 3.45. The van der Waals surface area contributed by atoms with E-state index in [1.54, 1.807) is 6.92 Å². The quantitative estimate of drug-likeness (QED) is 0.492. The number of hydrogen-bond acceptors (Lipinski definition) is 3. The van der Waals surface area contributed by atoms with Gasteiger partial charge in [-0.15, -0.1) is 0 Å². The molecule has 1 aromatic rings. The Morgan fingerprint density at radius 1 is 1.18 bits per heavy atom. The number of ether oxygens (including phenoxy) is 1. The van der Waals surface area contributed by atoms with E-state index in [0.717, 1.165) is 38.8 Å². The highest BCUT2D eigenvalue weighted by molar-refractivity contribution is 5.76. The summed E-state index contributed by atoms with van der Waals surface area (Å²) >= 11 is 0. The summed E-state index contributed by atoms with van der Waals surface area (Å²) in [6, 6.07) is 11.2. The summed E-state index contributed by atoms with van der Waals surface area (Å²) in [4.78, 5) is 13.7. The minimum Gasteiger partial charge on any atom is -0.370 e.